The van der Waals surface area contributed by atoms with Crippen molar-refractivity contribution in [3.63, 3.8) is 0 Å². The van der Waals surface area contributed by atoms with Crippen molar-refractivity contribution in [2.45, 2.75) is 113 Å². The van der Waals surface area contributed by atoms with Gasteiger partial charge in [-0.05, 0) is 0 Å². The molecule has 0 radical (unpaired) electrons. The van der Waals surface area contributed by atoms with Gasteiger partial charge in [0.05, 0.1) is 48.7 Å². The van der Waals surface area contributed by atoms with Gasteiger partial charge in [0, 0.05) is 53.0 Å². The number of rotatable bonds is 16. The monoisotopic (exact) mass is 1380 g/mol. The molecule has 4 aromatic rings. The van der Waals surface area contributed by atoms with Crippen molar-refractivity contribution in [3.05, 3.63) is 130 Å². The lowest BCUT2D eigenvalue weighted by atomic mass is 10.0. The molecule has 512 valence electrons. The molecule has 44 nitrogen and oxygen atoms in total. The van der Waals surface area contributed by atoms with Crippen molar-refractivity contribution < 1.29 is 135 Å². The van der Waals surface area contributed by atoms with Crippen molar-refractivity contribution in [3.8, 4) is 0 Å². The maximum Gasteiger partial charge on any atom is 0.469 e. The minimum atomic E-state index is -4.77. The Hall–Kier alpha value is -5.32. The molecule has 0 aliphatic carbocycles. The largest absolute Gasteiger partial charge is 0.469 e. The zero-order valence-corrected chi connectivity index (χ0v) is 48.9. The molecule has 4 aliphatic rings. The first-order valence-corrected chi connectivity index (χ1v) is 30.6. The molecule has 0 spiro atoms. The molecule has 48 heteroatoms. The second-order valence-electron chi connectivity index (χ2n) is 19.2. The van der Waals surface area contributed by atoms with Crippen LogP contribution in [-0.2, 0) is 83.5 Å². The molecule has 0 aromatic carbocycles. The van der Waals surface area contributed by atoms with Crippen LogP contribution in [0.1, 0.15) is 61.5 Å². The summed E-state index contributed by atoms with van der Waals surface area (Å²) >= 11 is 0. The van der Waals surface area contributed by atoms with Gasteiger partial charge < -0.3 is 118 Å². The maximum atomic E-state index is 12.1. The third-order valence-corrected chi connectivity index (χ3v) is 14.9. The summed E-state index contributed by atoms with van der Waals surface area (Å²) in [6.45, 7) is -2.71. The number of aryl methyl sites for hydroxylation is 2. The summed E-state index contributed by atoms with van der Waals surface area (Å²) in [5.74, 6) is 0. The molecule has 20 N–H and O–H groups in total. The summed E-state index contributed by atoms with van der Waals surface area (Å²) in [5.41, 5.74) is -6.11. The number of aromatic amines is 4. The third kappa shape index (κ3) is 20.3. The highest BCUT2D eigenvalue weighted by Crippen LogP contribution is 2.42. The zero-order chi connectivity index (χ0) is 66.6. The third-order valence-electron chi connectivity index (χ3n) is 13.0. The minimum Gasteiger partial charge on any atom is -0.387 e. The number of aromatic nitrogens is 8. The van der Waals surface area contributed by atoms with Crippen LogP contribution in [0.2, 0.25) is 0 Å². The van der Waals surface area contributed by atoms with Gasteiger partial charge in [0.1, 0.15) is 97.7 Å². The fourth-order valence-electron chi connectivity index (χ4n) is 8.49. The molecule has 0 saturated carbocycles. The average Bonchev–Trinajstić information content (AvgIpc) is 1.65. The number of phosphoric ester groups is 4. The number of phosphoric acid groups is 4. The summed E-state index contributed by atoms with van der Waals surface area (Å²) in [6, 6.07) is 0. The first-order chi connectivity index (χ1) is 40.4. The van der Waals surface area contributed by atoms with E-state index in [2.05, 4.69) is 28.1 Å². The topological polar surface area (TPSA) is 685 Å². The molecular formula is C42H68N8O36P4. The lowest BCUT2D eigenvalue weighted by Crippen LogP contribution is -2.40. The van der Waals surface area contributed by atoms with E-state index in [1.165, 1.54) is 34.4 Å². The highest BCUT2D eigenvalue weighted by Gasteiger charge is 2.49. The highest BCUT2D eigenvalue weighted by molar-refractivity contribution is 7.47. The van der Waals surface area contributed by atoms with Crippen LogP contribution in [0.5, 0.6) is 0 Å². The number of hydrogen-bond acceptors (Lipinski definition) is 28. The number of ether oxygens (including phenoxy) is 4. The van der Waals surface area contributed by atoms with E-state index in [-0.39, 0.29) is 37.1 Å². The Morgan fingerprint density at radius 2 is 0.722 bits per heavy atom. The minimum absolute atomic E-state index is 0. The van der Waals surface area contributed by atoms with Crippen LogP contribution in [-0.4, -0.2) is 218 Å². The van der Waals surface area contributed by atoms with E-state index in [0.29, 0.717) is 0 Å². The van der Waals surface area contributed by atoms with Gasteiger partial charge >= 0.3 is 54.0 Å². The fraction of sp³-hybridized carbons (Fsp3) is 0.619. The average molecular weight is 1380 g/mol. The van der Waals surface area contributed by atoms with Gasteiger partial charge in [-0.1, -0.05) is 14.9 Å². The molecule has 90 heavy (non-hydrogen) atoms. The van der Waals surface area contributed by atoms with Gasteiger partial charge in [0.2, 0.25) is 0 Å². The quantitative estimate of drug-likeness (QED) is 0.0463. The highest BCUT2D eigenvalue weighted by atomic mass is 31.2. The van der Waals surface area contributed by atoms with Crippen molar-refractivity contribution in [2.75, 3.05) is 26.4 Å². The van der Waals surface area contributed by atoms with Crippen LogP contribution in [0.25, 0.3) is 0 Å². The van der Waals surface area contributed by atoms with Crippen LogP contribution in [0.15, 0.2) is 63.1 Å². The Kier molecular flexibility index (Phi) is 27.7. The van der Waals surface area contributed by atoms with E-state index in [0.717, 1.165) is 36.9 Å². The summed E-state index contributed by atoms with van der Waals surface area (Å²) in [7, 11) is -13.8. The summed E-state index contributed by atoms with van der Waals surface area (Å²) in [5, 5.41) is 79.0. The van der Waals surface area contributed by atoms with Crippen LogP contribution in [0.4, 0.5) is 0 Å². The van der Waals surface area contributed by atoms with Crippen molar-refractivity contribution >= 4 is 31.3 Å². The second-order valence-corrected chi connectivity index (χ2v) is 24.1. The van der Waals surface area contributed by atoms with Crippen molar-refractivity contribution in [2.24, 2.45) is 28.2 Å². The first-order valence-electron chi connectivity index (χ1n) is 24.5. The van der Waals surface area contributed by atoms with Gasteiger partial charge in [-0.25, -0.2) is 37.4 Å². The summed E-state index contributed by atoms with van der Waals surface area (Å²) < 4.78 is 84.1. The molecule has 8 rings (SSSR count). The Morgan fingerprint density at radius 3 is 1.09 bits per heavy atom. The molecule has 4 aromatic heterocycles. The predicted octanol–water partition coefficient (Wildman–Crippen LogP) is -9.35. The SMILES string of the molecule is C.C.Cn1c(=O)[nH]cc([C@@H]2O[C@H](COP(=O)(O)O)[C@@H](O)C2O)c1=O.Cn1cc([C@@H]2O[C@H](COP(=O)(O)O)[C@@H](O)C2O)c(=O)[nH]c1=O.Cn1cc([C@@H]2O[C@H](COP(=O)(O)O)[C@@H](O)C2O)c(=O)n(C)c1=O.O=c1[nH]cc([C@@H]2O[C@H](COP(=O)(O)O)[C@@H](O)C2O)c(=O)[nH]1. The standard InChI is InChI=1S/C11H17N2O9P.2C10H15N2O9P.C9H13N2O9P.2CH4/c1-12-3-5(10(16)13(2)11(12)17)9-8(15)7(14)6(22-9)4-21-23(18,19)20;1-12-2-4(9(15)11-10(12)16)8-7(14)6(13)5(21-8)3-20-22(17,18)19;1-12-9(15)4(2-11-10(12)16)8-7(14)6(13)5(21-8)3-20-22(17,18)19;12-5-4(2-19-21(16,17)18)20-7(6(5)13)3-1-10-9(15)11-8(3)14;;/h3,6-9,14-15H,4H2,1-2H3,(H2,18,19,20);2,5-8,13-14H,3H2,1H3,(H,11,15,16)(H2,17,18,19);2,5-8,13-14H,3H2,1H3,(H,11,16)(H2,17,18,19);1,4-7,12-13H,2H2,(H2,16,17,18)(H2,10,11,14,15);2*1H4/t6-,7-,8?,9+;2*5-,6-,7?,8+;4-,5-,6?,7+;;/m1111../s1. The first kappa shape index (κ1) is 78.9. The lowest BCUT2D eigenvalue weighted by molar-refractivity contribution is -0.0230. The normalized spacial score (nSPS) is 28.3. The van der Waals surface area contributed by atoms with Crippen molar-refractivity contribution in [1.29, 1.82) is 0 Å². The number of H-pyrrole nitrogens is 4. The molecular weight excluding hydrogens is 1320 g/mol. The van der Waals surface area contributed by atoms with Crippen LogP contribution in [0.3, 0.4) is 0 Å². The number of aliphatic hydroxyl groups excluding tert-OH is 8. The van der Waals surface area contributed by atoms with Crippen LogP contribution >= 0.6 is 31.3 Å². The van der Waals surface area contributed by atoms with E-state index in [9.17, 15) is 97.5 Å². The van der Waals surface area contributed by atoms with E-state index >= 15 is 0 Å². The molecule has 8 heterocycles. The predicted molar refractivity (Wildman–Crippen MR) is 293 cm³/mol. The van der Waals surface area contributed by atoms with E-state index < -0.39 is 200 Å². The zero-order valence-electron chi connectivity index (χ0n) is 45.3. The number of hydrogen-bond donors (Lipinski definition) is 20. The van der Waals surface area contributed by atoms with Gasteiger partial charge in [-0.3, -0.25) is 56.4 Å². The Labute approximate surface area is 501 Å². The number of nitrogens with one attached hydrogen (secondary N) is 4. The second kappa shape index (κ2) is 31.5. The molecule has 4 fully saturated rings. The molecule has 4 unspecified atom stereocenters. The van der Waals surface area contributed by atoms with Gasteiger partial charge in [-0.15, -0.1) is 0 Å². The van der Waals surface area contributed by atoms with Crippen molar-refractivity contribution in [1.82, 2.24) is 38.2 Å². The maximum absolute atomic E-state index is 12.1. The van der Waals surface area contributed by atoms with Crippen LogP contribution in [0, 0.1) is 0 Å². The number of aliphatic hydroxyl groups is 8. The van der Waals surface area contributed by atoms with Gasteiger partial charge in [0.25, 0.3) is 22.2 Å². The summed E-state index contributed by atoms with van der Waals surface area (Å²) in [4.78, 5) is 170. The fourth-order valence-corrected chi connectivity index (χ4v) is 9.86. The van der Waals surface area contributed by atoms with Gasteiger partial charge in [-0.2, -0.15) is 0 Å². The molecule has 4 saturated heterocycles. The Morgan fingerprint density at radius 1 is 0.411 bits per heavy atom. The Bertz CT molecular complexity index is 3750. The van der Waals surface area contributed by atoms with E-state index in [1.54, 1.807) is 0 Å². The van der Waals surface area contributed by atoms with E-state index in [1.807, 2.05) is 9.97 Å². The molecule has 0 bridgehead atoms. The van der Waals surface area contributed by atoms with Gasteiger partial charge in [0.15, 0.2) is 0 Å². The smallest absolute Gasteiger partial charge is 0.387 e. The molecule has 16 atom stereocenters. The lowest BCUT2D eigenvalue weighted by Gasteiger charge is -2.16. The molecule has 0 amide bonds. The van der Waals surface area contributed by atoms with E-state index in [4.69, 9.17) is 58.1 Å². The number of nitrogens with zero attached hydrogens (tertiary/aromatic N) is 4. The molecule has 4 aliphatic heterocycles. The summed E-state index contributed by atoms with van der Waals surface area (Å²) in [6.07, 6.45) is -17.8. The van der Waals surface area contributed by atoms with Crippen LogP contribution < -0.4 is 45.0 Å². The Balaban J connectivity index is 0.000000311.